The molecule has 1 aliphatic carbocycles. The Kier molecular flexibility index (Phi) is 3.80. The molecule has 0 spiro atoms. The van der Waals surface area contributed by atoms with Crippen LogP contribution in [-0.2, 0) is 16.6 Å². The van der Waals surface area contributed by atoms with Gasteiger partial charge in [-0.2, -0.15) is 5.10 Å². The van der Waals surface area contributed by atoms with Gasteiger partial charge in [0.1, 0.15) is 0 Å². The molecular formula is C10H18N4O2S. The maximum absolute atomic E-state index is 11.9. The minimum Gasteiger partial charge on any atom is -0.326 e. The third-order valence-electron chi connectivity index (χ3n) is 2.94. The molecular weight excluding hydrogens is 240 g/mol. The van der Waals surface area contributed by atoms with Crippen LogP contribution in [0.5, 0.6) is 0 Å². The van der Waals surface area contributed by atoms with Crippen LogP contribution in [0.4, 0.5) is 0 Å². The number of hydrogen-bond donors (Lipinski definition) is 3. The second kappa shape index (κ2) is 5.16. The summed E-state index contributed by atoms with van der Waals surface area (Å²) in [5.74, 6) is 0.825. The Morgan fingerprint density at radius 2 is 2.29 bits per heavy atom. The SMILES string of the molecule is NCc1cn[nH]c1S(=O)(=O)NCCCC1CC1. The van der Waals surface area contributed by atoms with Crippen molar-refractivity contribution in [2.24, 2.45) is 11.7 Å². The van der Waals surface area contributed by atoms with Crippen molar-refractivity contribution in [3.05, 3.63) is 11.8 Å². The maximum atomic E-state index is 11.9. The number of aromatic nitrogens is 2. The summed E-state index contributed by atoms with van der Waals surface area (Å²) < 4.78 is 26.4. The first-order valence-corrected chi connectivity index (χ1v) is 7.34. The molecule has 1 aliphatic rings. The second-order valence-electron chi connectivity index (χ2n) is 4.41. The average molecular weight is 258 g/mol. The summed E-state index contributed by atoms with van der Waals surface area (Å²) in [5.41, 5.74) is 5.96. The predicted octanol–water partition coefficient (Wildman–Crippen LogP) is 0.337. The summed E-state index contributed by atoms with van der Waals surface area (Å²) in [5, 5.41) is 6.27. The van der Waals surface area contributed by atoms with E-state index in [0.717, 1.165) is 18.8 Å². The van der Waals surface area contributed by atoms with Crippen LogP contribution in [0, 0.1) is 5.92 Å². The van der Waals surface area contributed by atoms with E-state index in [0.29, 0.717) is 12.1 Å². The van der Waals surface area contributed by atoms with Gasteiger partial charge in [-0.1, -0.05) is 12.8 Å². The van der Waals surface area contributed by atoms with E-state index < -0.39 is 10.0 Å². The number of H-pyrrole nitrogens is 1. The van der Waals surface area contributed by atoms with Crippen LogP contribution in [0.3, 0.4) is 0 Å². The Bertz CT molecular complexity index is 464. The van der Waals surface area contributed by atoms with E-state index in [2.05, 4.69) is 14.9 Å². The van der Waals surface area contributed by atoms with Gasteiger partial charge in [0.2, 0.25) is 0 Å². The molecule has 0 bridgehead atoms. The van der Waals surface area contributed by atoms with Gasteiger partial charge in [0.25, 0.3) is 10.0 Å². The minimum atomic E-state index is -3.49. The van der Waals surface area contributed by atoms with Crippen LogP contribution in [0.25, 0.3) is 0 Å². The third-order valence-corrected chi connectivity index (χ3v) is 4.42. The first-order valence-electron chi connectivity index (χ1n) is 5.85. The Balaban J connectivity index is 1.88. The number of aromatic amines is 1. The lowest BCUT2D eigenvalue weighted by Crippen LogP contribution is -2.26. The van der Waals surface area contributed by atoms with Gasteiger partial charge in [-0.25, -0.2) is 13.1 Å². The fourth-order valence-corrected chi connectivity index (χ4v) is 2.96. The molecule has 0 aliphatic heterocycles. The summed E-state index contributed by atoms with van der Waals surface area (Å²) in [7, 11) is -3.49. The van der Waals surface area contributed by atoms with Crippen LogP contribution in [-0.4, -0.2) is 25.2 Å². The van der Waals surface area contributed by atoms with Gasteiger partial charge in [0, 0.05) is 18.7 Å². The molecule has 1 aromatic heterocycles. The van der Waals surface area contributed by atoms with Gasteiger partial charge in [0.05, 0.1) is 6.20 Å². The molecule has 7 heteroatoms. The van der Waals surface area contributed by atoms with Crippen molar-refractivity contribution in [1.29, 1.82) is 0 Å². The van der Waals surface area contributed by atoms with Gasteiger partial charge in [-0.3, -0.25) is 5.10 Å². The monoisotopic (exact) mass is 258 g/mol. The Morgan fingerprint density at radius 1 is 1.53 bits per heavy atom. The van der Waals surface area contributed by atoms with E-state index in [1.54, 1.807) is 0 Å². The molecule has 0 unspecified atom stereocenters. The van der Waals surface area contributed by atoms with Crippen molar-refractivity contribution in [3.63, 3.8) is 0 Å². The highest BCUT2D eigenvalue weighted by Gasteiger charge is 2.22. The molecule has 0 atom stereocenters. The predicted molar refractivity (Wildman–Crippen MR) is 63.6 cm³/mol. The van der Waals surface area contributed by atoms with Crippen LogP contribution in [0.1, 0.15) is 31.2 Å². The number of rotatable bonds is 7. The van der Waals surface area contributed by atoms with Gasteiger partial charge in [-0.05, 0) is 18.8 Å². The Morgan fingerprint density at radius 3 is 2.94 bits per heavy atom. The van der Waals surface area contributed by atoms with E-state index in [1.807, 2.05) is 0 Å². The van der Waals surface area contributed by atoms with Gasteiger partial charge in [0.15, 0.2) is 5.03 Å². The normalized spacial score (nSPS) is 16.3. The van der Waals surface area contributed by atoms with Crippen molar-refractivity contribution in [2.75, 3.05) is 6.54 Å². The first kappa shape index (κ1) is 12.5. The molecule has 4 N–H and O–H groups in total. The summed E-state index contributed by atoms with van der Waals surface area (Å²) in [6.45, 7) is 0.636. The minimum absolute atomic E-state index is 0.0893. The highest BCUT2D eigenvalue weighted by atomic mass is 32.2. The smallest absolute Gasteiger partial charge is 0.257 e. The Labute approximate surface area is 101 Å². The molecule has 6 nitrogen and oxygen atoms in total. The topological polar surface area (TPSA) is 101 Å². The van der Waals surface area contributed by atoms with Crippen molar-refractivity contribution in [1.82, 2.24) is 14.9 Å². The summed E-state index contributed by atoms with van der Waals surface area (Å²) >= 11 is 0. The third kappa shape index (κ3) is 3.27. The molecule has 1 heterocycles. The van der Waals surface area contributed by atoms with E-state index in [1.165, 1.54) is 19.0 Å². The molecule has 0 saturated heterocycles. The molecule has 1 saturated carbocycles. The van der Waals surface area contributed by atoms with Crippen molar-refractivity contribution in [3.8, 4) is 0 Å². The van der Waals surface area contributed by atoms with Crippen LogP contribution < -0.4 is 10.5 Å². The molecule has 0 amide bonds. The second-order valence-corrected chi connectivity index (χ2v) is 6.12. The summed E-state index contributed by atoms with van der Waals surface area (Å²) in [6, 6.07) is 0. The lowest BCUT2D eigenvalue weighted by Gasteiger charge is -2.05. The number of nitrogens with two attached hydrogens (primary N) is 1. The average Bonchev–Trinajstić information content (AvgIpc) is 2.98. The van der Waals surface area contributed by atoms with Crippen molar-refractivity contribution in [2.45, 2.75) is 37.3 Å². The quantitative estimate of drug-likeness (QED) is 0.614. The highest BCUT2D eigenvalue weighted by molar-refractivity contribution is 7.89. The molecule has 96 valence electrons. The van der Waals surface area contributed by atoms with Gasteiger partial charge in [-0.15, -0.1) is 0 Å². The first-order chi connectivity index (χ1) is 8.13. The summed E-state index contributed by atoms with van der Waals surface area (Å²) in [6.07, 6.45) is 6.03. The van der Waals surface area contributed by atoms with Crippen LogP contribution >= 0.6 is 0 Å². The zero-order chi connectivity index (χ0) is 12.3. The molecule has 1 aromatic rings. The number of nitrogens with zero attached hydrogens (tertiary/aromatic N) is 1. The maximum Gasteiger partial charge on any atom is 0.257 e. The number of nitrogens with one attached hydrogen (secondary N) is 2. The van der Waals surface area contributed by atoms with Crippen LogP contribution in [0.2, 0.25) is 0 Å². The fraction of sp³-hybridized carbons (Fsp3) is 0.700. The highest BCUT2D eigenvalue weighted by Crippen LogP contribution is 2.33. The lowest BCUT2D eigenvalue weighted by molar-refractivity contribution is 0.567. The molecule has 0 aromatic carbocycles. The molecule has 1 fully saturated rings. The zero-order valence-corrected chi connectivity index (χ0v) is 10.5. The van der Waals surface area contributed by atoms with Gasteiger partial charge >= 0.3 is 0 Å². The van der Waals surface area contributed by atoms with Crippen LogP contribution in [0.15, 0.2) is 11.2 Å². The van der Waals surface area contributed by atoms with E-state index in [4.69, 9.17) is 5.73 Å². The zero-order valence-electron chi connectivity index (χ0n) is 9.65. The van der Waals surface area contributed by atoms with E-state index >= 15 is 0 Å². The van der Waals surface area contributed by atoms with Crippen molar-refractivity contribution >= 4 is 10.0 Å². The molecule has 0 radical (unpaired) electrons. The largest absolute Gasteiger partial charge is 0.326 e. The lowest BCUT2D eigenvalue weighted by atomic mass is 10.2. The van der Waals surface area contributed by atoms with Gasteiger partial charge < -0.3 is 5.73 Å². The standard InChI is InChI=1S/C10H18N4O2S/c11-6-9-7-12-14-10(9)17(15,16)13-5-1-2-8-3-4-8/h7-8,13H,1-6,11H2,(H,12,14). The van der Waals surface area contributed by atoms with E-state index in [9.17, 15) is 8.42 Å². The molecule has 17 heavy (non-hydrogen) atoms. The summed E-state index contributed by atoms with van der Waals surface area (Å²) in [4.78, 5) is 0. The fourth-order valence-electron chi connectivity index (χ4n) is 1.75. The number of hydrogen-bond acceptors (Lipinski definition) is 4. The van der Waals surface area contributed by atoms with Crippen molar-refractivity contribution < 1.29 is 8.42 Å². The molecule has 2 rings (SSSR count). The number of sulfonamides is 1. The van der Waals surface area contributed by atoms with E-state index in [-0.39, 0.29) is 11.6 Å². The Hall–Kier alpha value is -0.920.